The van der Waals surface area contributed by atoms with Gasteiger partial charge >= 0.3 is 0 Å². The maximum absolute atomic E-state index is 7.84. The quantitative estimate of drug-likeness (QED) is 0.696. The molecule has 1 heterocycles. The molecule has 1 N–H and O–H groups in total. The Bertz CT molecular complexity index is 436. The Kier molecular flexibility index (Phi) is 1.84. The van der Waals surface area contributed by atoms with Gasteiger partial charge in [-0.15, -0.1) is 0 Å². The van der Waals surface area contributed by atoms with E-state index in [0.29, 0.717) is 5.92 Å². The third-order valence-corrected chi connectivity index (χ3v) is 3.59. The summed E-state index contributed by atoms with van der Waals surface area (Å²) in [6.45, 7) is 2.74. The summed E-state index contributed by atoms with van der Waals surface area (Å²) in [5.74, 6) is 1.42. The van der Waals surface area contributed by atoms with Crippen molar-refractivity contribution >= 4 is 5.71 Å². The van der Waals surface area contributed by atoms with E-state index >= 15 is 0 Å². The van der Waals surface area contributed by atoms with Crippen molar-refractivity contribution in [3.05, 3.63) is 28.8 Å². The van der Waals surface area contributed by atoms with Gasteiger partial charge < -0.3 is 10.1 Å². The van der Waals surface area contributed by atoms with Gasteiger partial charge in [-0.05, 0) is 37.0 Å². The highest BCUT2D eigenvalue weighted by atomic mass is 16.5. The van der Waals surface area contributed by atoms with Crippen LogP contribution in [0.15, 0.2) is 12.1 Å². The minimum absolute atomic E-state index is 0.358. The molecule has 0 spiro atoms. The minimum Gasteiger partial charge on any atom is -0.493 e. The van der Waals surface area contributed by atoms with E-state index < -0.39 is 0 Å². The van der Waals surface area contributed by atoms with Crippen LogP contribution in [0.5, 0.6) is 5.75 Å². The lowest BCUT2D eigenvalue weighted by Crippen LogP contribution is -2.06. The largest absolute Gasteiger partial charge is 0.493 e. The lowest BCUT2D eigenvalue weighted by Gasteiger charge is -2.13. The number of ether oxygens (including phenoxy) is 1. The molecule has 2 heteroatoms. The number of hydrogen-bond donors (Lipinski definition) is 1. The fourth-order valence-electron chi connectivity index (χ4n) is 2.88. The van der Waals surface area contributed by atoms with Gasteiger partial charge in [0.1, 0.15) is 5.75 Å². The number of fused-ring (bicyclic) bond motifs is 3. The fraction of sp³-hybridized carbons (Fsp3) is 0.462. The minimum atomic E-state index is 0.358. The molecule has 2 aliphatic rings. The first kappa shape index (κ1) is 8.96. The van der Waals surface area contributed by atoms with Crippen LogP contribution in [0.25, 0.3) is 0 Å². The number of rotatable bonds is 1. The summed E-state index contributed by atoms with van der Waals surface area (Å²) >= 11 is 0. The fourth-order valence-corrected chi connectivity index (χ4v) is 2.88. The summed E-state index contributed by atoms with van der Waals surface area (Å²) in [6.07, 6.45) is 3.27. The van der Waals surface area contributed by atoms with Gasteiger partial charge in [-0.1, -0.05) is 6.07 Å². The van der Waals surface area contributed by atoms with E-state index in [-0.39, 0.29) is 0 Å². The third-order valence-electron chi connectivity index (χ3n) is 3.59. The van der Waals surface area contributed by atoms with Crippen LogP contribution in [0, 0.1) is 5.41 Å². The zero-order valence-corrected chi connectivity index (χ0v) is 8.97. The van der Waals surface area contributed by atoms with E-state index in [4.69, 9.17) is 10.1 Å². The lowest BCUT2D eigenvalue weighted by molar-refractivity contribution is 0.357. The molecule has 1 aliphatic heterocycles. The molecule has 3 rings (SSSR count). The molecule has 0 amide bonds. The number of hydrogen-bond acceptors (Lipinski definition) is 2. The monoisotopic (exact) mass is 201 g/mol. The molecule has 0 bridgehead atoms. The third kappa shape index (κ3) is 1.21. The van der Waals surface area contributed by atoms with Crippen LogP contribution in [0.1, 0.15) is 36.0 Å². The predicted molar refractivity (Wildman–Crippen MR) is 60.1 cm³/mol. The Hall–Kier alpha value is -1.31. The number of nitrogens with one attached hydrogen (secondary N) is 1. The van der Waals surface area contributed by atoms with Gasteiger partial charge in [-0.2, -0.15) is 0 Å². The summed E-state index contributed by atoms with van der Waals surface area (Å²) in [7, 11) is 0. The van der Waals surface area contributed by atoms with Crippen LogP contribution < -0.4 is 4.74 Å². The molecule has 2 nitrogen and oxygen atoms in total. The second-order valence-electron chi connectivity index (χ2n) is 4.49. The van der Waals surface area contributed by atoms with Crippen LogP contribution >= 0.6 is 0 Å². The van der Waals surface area contributed by atoms with Crippen LogP contribution in [0.2, 0.25) is 0 Å². The van der Waals surface area contributed by atoms with Crippen LogP contribution in [-0.4, -0.2) is 12.3 Å². The maximum atomic E-state index is 7.84. The van der Waals surface area contributed by atoms with Crippen LogP contribution in [-0.2, 0) is 12.8 Å². The van der Waals surface area contributed by atoms with Gasteiger partial charge in [-0.25, -0.2) is 0 Å². The predicted octanol–water partition coefficient (Wildman–Crippen LogP) is 2.69. The molecule has 0 aromatic heterocycles. The Labute approximate surface area is 89.8 Å². The molecular formula is C13H15NO. The highest BCUT2D eigenvalue weighted by molar-refractivity contribution is 5.88. The molecule has 1 aromatic rings. The zero-order chi connectivity index (χ0) is 10.4. The van der Waals surface area contributed by atoms with E-state index in [1.54, 1.807) is 0 Å². The first-order chi connectivity index (χ1) is 7.27. The Morgan fingerprint density at radius 3 is 3.07 bits per heavy atom. The summed E-state index contributed by atoms with van der Waals surface area (Å²) in [6, 6.07) is 4.28. The highest BCUT2D eigenvalue weighted by Gasteiger charge is 2.30. The molecule has 0 fully saturated rings. The van der Waals surface area contributed by atoms with Gasteiger partial charge in [0.25, 0.3) is 0 Å². The molecule has 1 atom stereocenters. The van der Waals surface area contributed by atoms with Crippen molar-refractivity contribution in [3.8, 4) is 5.75 Å². The summed E-state index contributed by atoms with van der Waals surface area (Å²) < 4.78 is 5.58. The standard InChI is InChI=1S/C13H15NO/c1-8(14)10-4-2-9-3-5-12-11(13(9)10)6-7-15-12/h3,5,10,14H,2,4,6-7H2,1H3. The Balaban J connectivity index is 2.17. The molecule has 0 saturated carbocycles. The van der Waals surface area contributed by atoms with E-state index in [2.05, 4.69) is 12.1 Å². The van der Waals surface area contributed by atoms with Gasteiger partial charge in [0.05, 0.1) is 6.61 Å². The first-order valence-electron chi connectivity index (χ1n) is 5.60. The smallest absolute Gasteiger partial charge is 0.122 e. The van der Waals surface area contributed by atoms with E-state index in [1.165, 1.54) is 16.7 Å². The lowest BCUT2D eigenvalue weighted by atomic mass is 9.91. The summed E-state index contributed by atoms with van der Waals surface area (Å²) in [4.78, 5) is 0. The molecule has 0 saturated heterocycles. The summed E-state index contributed by atoms with van der Waals surface area (Å²) in [5, 5.41) is 7.84. The van der Waals surface area contributed by atoms with Crippen molar-refractivity contribution in [1.82, 2.24) is 0 Å². The van der Waals surface area contributed by atoms with Crippen molar-refractivity contribution in [3.63, 3.8) is 0 Å². The molecule has 1 unspecified atom stereocenters. The first-order valence-corrected chi connectivity index (χ1v) is 5.60. The maximum Gasteiger partial charge on any atom is 0.122 e. The topological polar surface area (TPSA) is 33.1 Å². The molecule has 1 aromatic carbocycles. The van der Waals surface area contributed by atoms with Crippen LogP contribution in [0.3, 0.4) is 0 Å². The van der Waals surface area contributed by atoms with Crippen molar-refractivity contribution in [2.24, 2.45) is 0 Å². The average molecular weight is 201 g/mol. The molecule has 15 heavy (non-hydrogen) atoms. The van der Waals surface area contributed by atoms with Gasteiger partial charge in [0, 0.05) is 23.6 Å². The number of aryl methyl sites for hydroxylation is 1. The number of benzene rings is 1. The van der Waals surface area contributed by atoms with Crippen LogP contribution in [0.4, 0.5) is 0 Å². The van der Waals surface area contributed by atoms with Crippen molar-refractivity contribution in [1.29, 1.82) is 5.41 Å². The van der Waals surface area contributed by atoms with E-state index in [9.17, 15) is 0 Å². The Morgan fingerprint density at radius 1 is 1.40 bits per heavy atom. The zero-order valence-electron chi connectivity index (χ0n) is 8.97. The molecular weight excluding hydrogens is 186 g/mol. The van der Waals surface area contributed by atoms with Crippen molar-refractivity contribution in [2.75, 3.05) is 6.61 Å². The Morgan fingerprint density at radius 2 is 2.27 bits per heavy atom. The van der Waals surface area contributed by atoms with E-state index in [0.717, 1.165) is 37.3 Å². The second kappa shape index (κ2) is 3.09. The SMILES string of the molecule is CC(=N)C1CCc2ccc3c(c21)CCO3. The van der Waals surface area contributed by atoms with Crippen molar-refractivity contribution < 1.29 is 4.74 Å². The molecule has 1 aliphatic carbocycles. The molecule has 78 valence electrons. The van der Waals surface area contributed by atoms with Gasteiger partial charge in [0.2, 0.25) is 0 Å². The van der Waals surface area contributed by atoms with Crippen molar-refractivity contribution in [2.45, 2.75) is 32.1 Å². The van der Waals surface area contributed by atoms with Gasteiger partial charge in [0.15, 0.2) is 0 Å². The average Bonchev–Trinajstić information content (AvgIpc) is 2.82. The summed E-state index contributed by atoms with van der Waals surface area (Å²) in [5.41, 5.74) is 5.03. The second-order valence-corrected chi connectivity index (χ2v) is 4.49. The normalized spacial score (nSPS) is 22.1. The van der Waals surface area contributed by atoms with Gasteiger partial charge in [-0.3, -0.25) is 0 Å². The molecule has 0 radical (unpaired) electrons. The highest BCUT2D eigenvalue weighted by Crippen LogP contribution is 2.42. The van der Waals surface area contributed by atoms with E-state index in [1.807, 2.05) is 6.92 Å².